The predicted molar refractivity (Wildman–Crippen MR) is 223 cm³/mol. The summed E-state index contributed by atoms with van der Waals surface area (Å²) in [5.41, 5.74) is 12.0. The first-order chi connectivity index (χ1) is 26.5. The third-order valence-corrected chi connectivity index (χ3v) is 9.71. The highest BCUT2D eigenvalue weighted by molar-refractivity contribution is 5.77. The van der Waals surface area contributed by atoms with Gasteiger partial charge in [-0.2, -0.15) is 10.5 Å². The molecule has 0 aliphatic carbocycles. The van der Waals surface area contributed by atoms with Gasteiger partial charge in [0.15, 0.2) is 0 Å². The van der Waals surface area contributed by atoms with E-state index in [2.05, 4.69) is 180 Å². The fourth-order valence-corrected chi connectivity index (χ4v) is 6.97. The zero-order valence-corrected chi connectivity index (χ0v) is 30.5. The third kappa shape index (κ3) is 7.85. The zero-order valence-electron chi connectivity index (χ0n) is 30.5. The second-order valence-electron chi connectivity index (χ2n) is 13.3. The Kier molecular flexibility index (Phi) is 10.8. The summed E-state index contributed by atoms with van der Waals surface area (Å²) in [7, 11) is 0. The van der Waals surface area contributed by atoms with Crippen molar-refractivity contribution in [2.45, 2.75) is 26.7 Å². The van der Waals surface area contributed by atoms with Crippen LogP contribution >= 0.6 is 0 Å². The predicted octanol–water partition coefficient (Wildman–Crippen LogP) is 11.2. The molecule has 0 radical (unpaired) electrons. The minimum atomic E-state index is 0.626. The zero-order chi connectivity index (χ0) is 37.3. The smallest absolute Gasteiger partial charge is 0.0950 e. The van der Waals surface area contributed by atoms with Gasteiger partial charge in [-0.3, -0.25) is 0 Å². The Labute approximate surface area is 318 Å². The molecule has 7 rings (SSSR count). The van der Waals surface area contributed by atoms with Crippen LogP contribution < -0.4 is 20.2 Å². The minimum absolute atomic E-state index is 0.626. The van der Waals surface area contributed by atoms with Crippen LogP contribution in [0.15, 0.2) is 182 Å². The van der Waals surface area contributed by atoms with Crippen LogP contribution in [0.25, 0.3) is 11.1 Å². The Bertz CT molecular complexity index is 2290. The van der Waals surface area contributed by atoms with E-state index in [9.17, 15) is 10.5 Å². The first kappa shape index (κ1) is 35.3. The van der Waals surface area contributed by atoms with Crippen LogP contribution in [0.2, 0.25) is 0 Å². The molecule has 7 aromatic rings. The molecule has 0 N–H and O–H groups in total. The van der Waals surface area contributed by atoms with E-state index in [0.717, 1.165) is 66.8 Å². The van der Waals surface area contributed by atoms with E-state index in [0.29, 0.717) is 24.0 Å². The van der Waals surface area contributed by atoms with Gasteiger partial charge in [0, 0.05) is 45.3 Å². The third-order valence-electron chi connectivity index (χ3n) is 9.71. The molecule has 0 aliphatic heterocycles. The Morgan fingerprint density at radius 3 is 0.907 bits per heavy atom. The number of para-hydroxylation sites is 4. The van der Waals surface area contributed by atoms with Crippen LogP contribution in [0.5, 0.6) is 0 Å². The van der Waals surface area contributed by atoms with Crippen LogP contribution in [0.3, 0.4) is 0 Å². The van der Waals surface area contributed by atoms with Gasteiger partial charge >= 0.3 is 0 Å². The summed E-state index contributed by atoms with van der Waals surface area (Å²) in [6.07, 6.45) is 1.25. The van der Waals surface area contributed by atoms with Gasteiger partial charge in [0.25, 0.3) is 0 Å². The first-order valence-electron chi connectivity index (χ1n) is 18.1. The highest BCUT2D eigenvalue weighted by Gasteiger charge is 2.15. The van der Waals surface area contributed by atoms with E-state index in [1.54, 1.807) is 0 Å². The molecule has 0 saturated carbocycles. The summed E-state index contributed by atoms with van der Waals surface area (Å²) in [5, 5.41) is 22.1. The van der Waals surface area contributed by atoms with Gasteiger partial charge in [-0.05, 0) is 144 Å². The topological polar surface area (TPSA) is 54.1 Å². The largest absolute Gasteiger partial charge is 0.311 e. The van der Waals surface area contributed by atoms with E-state index in [-0.39, 0.29) is 0 Å². The molecule has 0 aliphatic rings. The average Bonchev–Trinajstić information content (AvgIpc) is 3.23. The van der Waals surface area contributed by atoms with E-state index in [4.69, 9.17) is 0 Å². The molecule has 0 spiro atoms. The van der Waals surface area contributed by atoms with E-state index >= 15 is 0 Å². The Hall–Kier alpha value is -7.14. The number of nitrogens with zero attached hydrogens (tertiary/aromatic N) is 4. The van der Waals surface area contributed by atoms with Crippen molar-refractivity contribution in [3.8, 4) is 12.1 Å². The molecular weight excluding hydrogens is 657 g/mol. The molecule has 0 atom stereocenters. The normalized spacial score (nSPS) is 11.9. The van der Waals surface area contributed by atoms with E-state index in [1.165, 1.54) is 0 Å². The summed E-state index contributed by atoms with van der Waals surface area (Å²) in [5.74, 6) is 0. The molecule has 0 bridgehead atoms. The lowest BCUT2D eigenvalue weighted by atomic mass is 9.93. The summed E-state index contributed by atoms with van der Waals surface area (Å²) in [4.78, 5) is 4.49. The highest BCUT2D eigenvalue weighted by atomic mass is 15.1. The number of nitriles is 2. The van der Waals surface area contributed by atoms with Gasteiger partial charge in [-0.1, -0.05) is 97.1 Å². The summed E-state index contributed by atoms with van der Waals surface area (Å²) in [6, 6.07) is 67.7. The van der Waals surface area contributed by atoms with Crippen LogP contribution in [0, 0.1) is 22.7 Å². The van der Waals surface area contributed by atoms with Crippen molar-refractivity contribution in [1.82, 2.24) is 0 Å². The molecule has 0 saturated heterocycles. The van der Waals surface area contributed by atoms with Crippen molar-refractivity contribution in [2.75, 3.05) is 9.80 Å². The number of rotatable bonds is 10. The summed E-state index contributed by atoms with van der Waals surface area (Å²) >= 11 is 0. The quantitative estimate of drug-likeness (QED) is 0.143. The van der Waals surface area contributed by atoms with Gasteiger partial charge in [-0.25, -0.2) is 0 Å². The molecule has 0 fully saturated rings. The maximum absolute atomic E-state index is 10.1. The second-order valence-corrected chi connectivity index (χ2v) is 13.3. The lowest BCUT2D eigenvalue weighted by molar-refractivity contribution is 1.10. The number of hydrogen-bond donors (Lipinski definition) is 0. The lowest BCUT2D eigenvalue weighted by Gasteiger charge is -2.25. The monoisotopic (exact) mass is 696 g/mol. The van der Waals surface area contributed by atoms with Crippen molar-refractivity contribution in [3.63, 3.8) is 0 Å². The fraction of sp³-hybridized carbons (Fsp3) is 0.0800. The van der Waals surface area contributed by atoms with E-state index in [1.807, 2.05) is 38.1 Å². The van der Waals surface area contributed by atoms with Crippen LogP contribution in [0.1, 0.15) is 36.1 Å². The van der Waals surface area contributed by atoms with Crippen LogP contribution in [-0.4, -0.2) is 0 Å². The molecule has 260 valence electrons. The minimum Gasteiger partial charge on any atom is -0.311 e. The summed E-state index contributed by atoms with van der Waals surface area (Å²) in [6.45, 7) is 3.75. The van der Waals surface area contributed by atoms with E-state index < -0.39 is 0 Å². The standard InChI is InChI=1S/C50H40N4/c1-37(35-51)49-33-42(32-40-25-29-48(30-26-40)54(45-19-11-5-12-20-45)46-21-13-6-14-22-46)50(38(2)36-52)34-41(49)31-39-23-27-47(28-24-39)53(43-15-7-3-8-16-43)44-17-9-4-10-18-44/h3-30,33-34H,31-32H2,1-2H3/b49-37-,50-38+. The molecule has 0 aromatic heterocycles. The number of anilines is 6. The average molecular weight is 697 g/mol. The van der Waals surface area contributed by atoms with Gasteiger partial charge in [0.2, 0.25) is 0 Å². The number of benzene rings is 7. The van der Waals surface area contributed by atoms with Crippen LogP contribution in [0.4, 0.5) is 34.1 Å². The maximum atomic E-state index is 10.1. The maximum Gasteiger partial charge on any atom is 0.0950 e. The molecule has 0 amide bonds. The van der Waals surface area contributed by atoms with Crippen molar-refractivity contribution >= 4 is 45.3 Å². The number of hydrogen-bond acceptors (Lipinski definition) is 4. The molecular formula is C50H40N4. The Balaban J connectivity index is 1.21. The van der Waals surface area contributed by atoms with Gasteiger partial charge < -0.3 is 9.80 Å². The molecule has 0 heterocycles. The molecule has 4 heteroatoms. The molecule has 4 nitrogen and oxygen atoms in total. The van der Waals surface area contributed by atoms with Crippen molar-refractivity contribution in [2.24, 2.45) is 0 Å². The van der Waals surface area contributed by atoms with Gasteiger partial charge in [-0.15, -0.1) is 0 Å². The lowest BCUT2D eigenvalue weighted by Crippen LogP contribution is -2.23. The second kappa shape index (κ2) is 16.5. The molecule has 54 heavy (non-hydrogen) atoms. The summed E-state index contributed by atoms with van der Waals surface area (Å²) < 4.78 is 0. The SMILES string of the molecule is C/C(C#N)=c1\cc(Cc2ccc(N(c3ccccc3)c3ccccc3)cc2)/c(=C(\C)C#N)cc1Cc1ccc(N(c2ccccc2)c2ccccc2)cc1. The van der Waals surface area contributed by atoms with Gasteiger partial charge in [0.1, 0.15) is 0 Å². The Morgan fingerprint density at radius 1 is 0.389 bits per heavy atom. The fourth-order valence-electron chi connectivity index (χ4n) is 6.97. The van der Waals surface area contributed by atoms with Crippen LogP contribution in [-0.2, 0) is 12.8 Å². The van der Waals surface area contributed by atoms with Gasteiger partial charge in [0.05, 0.1) is 12.1 Å². The Morgan fingerprint density at radius 2 is 0.648 bits per heavy atom. The highest BCUT2D eigenvalue weighted by Crippen LogP contribution is 2.35. The molecule has 0 unspecified atom stereocenters. The van der Waals surface area contributed by atoms with Crippen molar-refractivity contribution < 1.29 is 0 Å². The first-order valence-corrected chi connectivity index (χ1v) is 18.1. The van der Waals surface area contributed by atoms with Crippen molar-refractivity contribution in [1.29, 1.82) is 10.5 Å². The molecule has 7 aromatic carbocycles. The van der Waals surface area contributed by atoms with Crippen molar-refractivity contribution in [3.05, 3.63) is 215 Å².